The molecule has 0 unspecified atom stereocenters. The molecule has 0 bridgehead atoms. The molecular formula is C13H27NO. The monoisotopic (exact) mass is 213 g/mol. The maximum absolute atomic E-state index is 9.31. The zero-order valence-electron chi connectivity index (χ0n) is 10.7. The van der Waals surface area contributed by atoms with Gasteiger partial charge in [-0.3, -0.25) is 0 Å². The van der Waals surface area contributed by atoms with Crippen LogP contribution >= 0.6 is 0 Å². The number of rotatable bonds is 3. The highest BCUT2D eigenvalue weighted by Crippen LogP contribution is 2.37. The van der Waals surface area contributed by atoms with E-state index in [4.69, 9.17) is 0 Å². The lowest BCUT2D eigenvalue weighted by Crippen LogP contribution is -2.46. The van der Waals surface area contributed by atoms with Gasteiger partial charge in [0.25, 0.3) is 0 Å². The SMILES string of the molecule is C[C@H](O)CN[C@H]1CCCC[C@H]1C(C)(C)C. The van der Waals surface area contributed by atoms with Gasteiger partial charge < -0.3 is 10.4 Å². The fraction of sp³-hybridized carbons (Fsp3) is 1.00. The number of aliphatic hydroxyl groups is 1. The van der Waals surface area contributed by atoms with Gasteiger partial charge in [-0.2, -0.15) is 0 Å². The molecule has 1 rings (SSSR count). The van der Waals surface area contributed by atoms with Crippen LogP contribution in [0.25, 0.3) is 0 Å². The van der Waals surface area contributed by atoms with Crippen molar-refractivity contribution in [3.05, 3.63) is 0 Å². The van der Waals surface area contributed by atoms with Gasteiger partial charge >= 0.3 is 0 Å². The Morgan fingerprint density at radius 3 is 2.40 bits per heavy atom. The quantitative estimate of drug-likeness (QED) is 0.755. The molecule has 0 aliphatic heterocycles. The zero-order valence-corrected chi connectivity index (χ0v) is 10.7. The average Bonchev–Trinajstić information content (AvgIpc) is 2.13. The third-order valence-corrected chi connectivity index (χ3v) is 3.55. The highest BCUT2D eigenvalue weighted by Gasteiger charge is 2.33. The minimum atomic E-state index is -0.229. The van der Waals surface area contributed by atoms with E-state index in [1.54, 1.807) is 0 Å². The predicted molar refractivity (Wildman–Crippen MR) is 64.9 cm³/mol. The van der Waals surface area contributed by atoms with Crippen LogP contribution in [-0.2, 0) is 0 Å². The Morgan fingerprint density at radius 1 is 1.27 bits per heavy atom. The van der Waals surface area contributed by atoms with Crippen molar-refractivity contribution >= 4 is 0 Å². The van der Waals surface area contributed by atoms with Crippen LogP contribution in [0, 0.1) is 11.3 Å². The van der Waals surface area contributed by atoms with Crippen molar-refractivity contribution in [2.45, 2.75) is 65.5 Å². The molecule has 0 heterocycles. The van der Waals surface area contributed by atoms with Gasteiger partial charge in [0.1, 0.15) is 0 Å². The van der Waals surface area contributed by atoms with E-state index in [0.29, 0.717) is 11.5 Å². The fourth-order valence-electron chi connectivity index (χ4n) is 2.73. The predicted octanol–water partition coefficient (Wildman–Crippen LogP) is 2.56. The molecule has 1 fully saturated rings. The van der Waals surface area contributed by atoms with E-state index >= 15 is 0 Å². The summed E-state index contributed by atoms with van der Waals surface area (Å²) in [5.74, 6) is 0.755. The Morgan fingerprint density at radius 2 is 1.87 bits per heavy atom. The molecule has 1 aliphatic rings. The van der Waals surface area contributed by atoms with E-state index in [1.807, 2.05) is 6.92 Å². The molecule has 1 aliphatic carbocycles. The normalized spacial score (nSPS) is 30.2. The van der Waals surface area contributed by atoms with Crippen molar-refractivity contribution in [3.63, 3.8) is 0 Å². The summed E-state index contributed by atoms with van der Waals surface area (Å²) >= 11 is 0. The first kappa shape index (κ1) is 13.0. The Labute approximate surface area is 94.5 Å². The van der Waals surface area contributed by atoms with Gasteiger partial charge in [0.05, 0.1) is 6.10 Å². The number of nitrogens with one attached hydrogen (secondary N) is 1. The summed E-state index contributed by atoms with van der Waals surface area (Å²) in [5.41, 5.74) is 0.386. The standard InChI is InChI=1S/C13H27NO/c1-10(15)9-14-12-8-6-5-7-11(12)13(2,3)4/h10-12,14-15H,5-9H2,1-4H3/t10-,11+,12-/m0/s1. The fourth-order valence-corrected chi connectivity index (χ4v) is 2.73. The average molecular weight is 213 g/mol. The van der Waals surface area contributed by atoms with Crippen LogP contribution in [0.2, 0.25) is 0 Å². The first-order chi connectivity index (χ1) is 6.91. The highest BCUT2D eigenvalue weighted by molar-refractivity contribution is 4.88. The molecule has 0 aromatic carbocycles. The minimum absolute atomic E-state index is 0.229. The van der Waals surface area contributed by atoms with Gasteiger partial charge in [-0.1, -0.05) is 33.6 Å². The van der Waals surface area contributed by atoms with E-state index < -0.39 is 0 Å². The lowest BCUT2D eigenvalue weighted by atomic mass is 9.69. The molecule has 1 saturated carbocycles. The van der Waals surface area contributed by atoms with Gasteiger partial charge in [-0.25, -0.2) is 0 Å². The molecule has 0 spiro atoms. The van der Waals surface area contributed by atoms with Crippen LogP contribution in [0.3, 0.4) is 0 Å². The highest BCUT2D eigenvalue weighted by atomic mass is 16.3. The van der Waals surface area contributed by atoms with Crippen LogP contribution in [0.4, 0.5) is 0 Å². The molecule has 2 nitrogen and oxygen atoms in total. The van der Waals surface area contributed by atoms with E-state index in [-0.39, 0.29) is 6.10 Å². The van der Waals surface area contributed by atoms with Gasteiger partial charge in [0.2, 0.25) is 0 Å². The Hall–Kier alpha value is -0.0800. The van der Waals surface area contributed by atoms with Gasteiger partial charge in [-0.15, -0.1) is 0 Å². The van der Waals surface area contributed by atoms with Crippen molar-refractivity contribution in [1.82, 2.24) is 5.32 Å². The molecule has 3 atom stereocenters. The summed E-state index contributed by atoms with van der Waals surface area (Å²) in [6.45, 7) is 9.58. The zero-order chi connectivity index (χ0) is 11.5. The van der Waals surface area contributed by atoms with E-state index in [2.05, 4.69) is 26.1 Å². The van der Waals surface area contributed by atoms with Crippen LogP contribution in [0.5, 0.6) is 0 Å². The van der Waals surface area contributed by atoms with Crippen molar-refractivity contribution in [2.24, 2.45) is 11.3 Å². The molecule has 0 aromatic rings. The minimum Gasteiger partial charge on any atom is -0.392 e. The lowest BCUT2D eigenvalue weighted by molar-refractivity contribution is 0.114. The summed E-state index contributed by atoms with van der Waals surface area (Å²) in [4.78, 5) is 0. The largest absolute Gasteiger partial charge is 0.392 e. The maximum atomic E-state index is 9.31. The molecule has 2 heteroatoms. The van der Waals surface area contributed by atoms with Crippen LogP contribution in [0.15, 0.2) is 0 Å². The van der Waals surface area contributed by atoms with E-state index in [0.717, 1.165) is 12.5 Å². The van der Waals surface area contributed by atoms with Crippen LogP contribution in [0.1, 0.15) is 53.4 Å². The summed E-state index contributed by atoms with van der Waals surface area (Å²) in [5, 5.41) is 12.8. The van der Waals surface area contributed by atoms with Crippen LogP contribution in [-0.4, -0.2) is 23.8 Å². The van der Waals surface area contributed by atoms with Crippen molar-refractivity contribution < 1.29 is 5.11 Å². The number of hydrogen-bond donors (Lipinski definition) is 2. The van der Waals surface area contributed by atoms with Crippen molar-refractivity contribution in [3.8, 4) is 0 Å². The van der Waals surface area contributed by atoms with Crippen LogP contribution < -0.4 is 5.32 Å². The van der Waals surface area contributed by atoms with E-state index in [1.165, 1.54) is 25.7 Å². The molecule has 2 N–H and O–H groups in total. The third-order valence-electron chi connectivity index (χ3n) is 3.55. The molecular weight excluding hydrogens is 186 g/mol. The van der Waals surface area contributed by atoms with Crippen molar-refractivity contribution in [2.75, 3.05) is 6.54 Å². The first-order valence-electron chi connectivity index (χ1n) is 6.32. The Kier molecular flexibility index (Phi) is 4.60. The van der Waals surface area contributed by atoms with Gasteiger partial charge in [0, 0.05) is 12.6 Å². The molecule has 0 radical (unpaired) electrons. The van der Waals surface area contributed by atoms with Gasteiger partial charge in [-0.05, 0) is 31.1 Å². The molecule has 90 valence electrons. The lowest BCUT2D eigenvalue weighted by Gasteiger charge is -2.41. The second-order valence-corrected chi connectivity index (χ2v) is 6.12. The second kappa shape index (κ2) is 5.31. The second-order valence-electron chi connectivity index (χ2n) is 6.12. The maximum Gasteiger partial charge on any atom is 0.0636 e. The summed E-state index contributed by atoms with van der Waals surface area (Å²) in [7, 11) is 0. The smallest absolute Gasteiger partial charge is 0.0636 e. The Balaban J connectivity index is 2.50. The topological polar surface area (TPSA) is 32.3 Å². The third kappa shape index (κ3) is 4.12. The summed E-state index contributed by atoms with van der Waals surface area (Å²) in [6.07, 6.45) is 5.08. The molecule has 0 amide bonds. The Bertz CT molecular complexity index is 183. The number of aliphatic hydroxyl groups excluding tert-OH is 1. The first-order valence-corrected chi connectivity index (χ1v) is 6.32. The van der Waals surface area contributed by atoms with Crippen molar-refractivity contribution in [1.29, 1.82) is 0 Å². The molecule has 0 aromatic heterocycles. The van der Waals surface area contributed by atoms with E-state index in [9.17, 15) is 5.11 Å². The number of hydrogen-bond acceptors (Lipinski definition) is 2. The molecule has 15 heavy (non-hydrogen) atoms. The van der Waals surface area contributed by atoms with Gasteiger partial charge in [0.15, 0.2) is 0 Å². The summed E-state index contributed by atoms with van der Waals surface area (Å²) < 4.78 is 0. The molecule has 0 saturated heterocycles. The summed E-state index contributed by atoms with van der Waals surface area (Å²) in [6, 6.07) is 0.605.